The van der Waals surface area contributed by atoms with Crippen LogP contribution in [-0.2, 0) is 21.4 Å². The molecular formula is C20H25N5O4S2. The highest BCUT2D eigenvalue weighted by molar-refractivity contribution is 7.99. The van der Waals surface area contributed by atoms with Crippen LogP contribution in [0.4, 0.5) is 0 Å². The van der Waals surface area contributed by atoms with Gasteiger partial charge in [0.25, 0.3) is 0 Å². The highest BCUT2D eigenvalue weighted by Crippen LogP contribution is 2.25. The largest absolute Gasteiger partial charge is 0.461 e. The number of thioether (sulfide) groups is 1. The molecule has 31 heavy (non-hydrogen) atoms. The molecule has 1 aromatic carbocycles. The number of hydrogen-bond acceptors (Lipinski definition) is 7. The molecule has 0 spiro atoms. The number of nitrogens with one attached hydrogen (secondary N) is 1. The zero-order valence-electron chi connectivity index (χ0n) is 17.5. The van der Waals surface area contributed by atoms with Crippen LogP contribution in [0.2, 0.25) is 0 Å². The summed E-state index contributed by atoms with van der Waals surface area (Å²) in [5.74, 6) is 1.60. The number of aromatic nitrogens is 3. The van der Waals surface area contributed by atoms with Crippen molar-refractivity contribution in [2.75, 3.05) is 5.75 Å². The average molecular weight is 464 g/mol. The molecule has 0 aliphatic rings. The van der Waals surface area contributed by atoms with Crippen LogP contribution in [0, 0.1) is 5.92 Å². The predicted octanol–water partition coefficient (Wildman–Crippen LogP) is 2.81. The zero-order chi connectivity index (χ0) is 22.6. The summed E-state index contributed by atoms with van der Waals surface area (Å²) in [7, 11) is -3.75. The molecule has 0 aliphatic carbocycles. The lowest BCUT2D eigenvalue weighted by atomic mass is 10.1. The van der Waals surface area contributed by atoms with E-state index in [0.29, 0.717) is 29.2 Å². The molecule has 0 fully saturated rings. The van der Waals surface area contributed by atoms with Crippen LogP contribution in [0.1, 0.15) is 32.4 Å². The minimum absolute atomic E-state index is 0.0298. The quantitative estimate of drug-likeness (QED) is 0.466. The van der Waals surface area contributed by atoms with Gasteiger partial charge in [0, 0.05) is 6.54 Å². The van der Waals surface area contributed by atoms with Crippen LogP contribution in [-0.4, -0.2) is 34.8 Å². The van der Waals surface area contributed by atoms with Crippen LogP contribution in [0.25, 0.3) is 11.6 Å². The lowest BCUT2D eigenvalue weighted by molar-refractivity contribution is -0.119. The van der Waals surface area contributed by atoms with Gasteiger partial charge in [-0.25, -0.2) is 13.6 Å². The smallest absolute Gasteiger partial charge is 0.238 e. The second-order valence-electron chi connectivity index (χ2n) is 7.48. The maximum atomic E-state index is 12.5. The predicted molar refractivity (Wildman–Crippen MR) is 118 cm³/mol. The fourth-order valence-corrected chi connectivity index (χ4v) is 4.23. The molecule has 3 aromatic rings. The molecule has 3 N–H and O–H groups in total. The standard InChI is InChI=1S/C20H25N5O4S2/c1-13(2)11-25-19(17-5-4-10-29-17)23-24-20(25)30-12-18(26)22-14(3)15-6-8-16(9-7-15)31(21,27)28/h4-10,13-14H,11-12H2,1-3H3,(H,22,26)(H2,21,27,28). The van der Waals surface area contributed by atoms with Gasteiger partial charge >= 0.3 is 0 Å². The molecule has 1 atom stereocenters. The summed E-state index contributed by atoms with van der Waals surface area (Å²) in [6, 6.07) is 9.43. The first kappa shape index (κ1) is 23.0. The van der Waals surface area contributed by atoms with Crippen molar-refractivity contribution in [3.05, 3.63) is 48.2 Å². The molecule has 11 heteroatoms. The van der Waals surface area contributed by atoms with Crippen molar-refractivity contribution in [3.63, 3.8) is 0 Å². The Morgan fingerprint density at radius 3 is 2.48 bits per heavy atom. The Kier molecular flexibility index (Phi) is 7.19. The molecule has 0 saturated heterocycles. The summed E-state index contributed by atoms with van der Waals surface area (Å²) in [4.78, 5) is 12.5. The van der Waals surface area contributed by atoms with E-state index in [1.54, 1.807) is 24.5 Å². The number of nitrogens with two attached hydrogens (primary N) is 1. The fourth-order valence-electron chi connectivity index (χ4n) is 2.96. The molecule has 0 saturated carbocycles. The lowest BCUT2D eigenvalue weighted by Gasteiger charge is -2.15. The number of hydrogen-bond donors (Lipinski definition) is 2. The SMILES string of the molecule is CC(C)Cn1c(SCC(=O)NC(C)c2ccc(S(N)(=O)=O)cc2)nnc1-c1ccco1. The van der Waals surface area contributed by atoms with Gasteiger partial charge in [0.1, 0.15) is 0 Å². The number of sulfonamides is 1. The summed E-state index contributed by atoms with van der Waals surface area (Å²) < 4.78 is 30.1. The molecule has 2 aromatic heterocycles. The molecule has 0 aliphatic heterocycles. The number of primary sulfonamides is 1. The summed E-state index contributed by atoms with van der Waals surface area (Å²) in [5.41, 5.74) is 0.772. The van der Waals surface area contributed by atoms with Crippen LogP contribution >= 0.6 is 11.8 Å². The third kappa shape index (κ3) is 5.96. The first-order valence-electron chi connectivity index (χ1n) is 9.67. The van der Waals surface area contributed by atoms with Gasteiger partial charge in [-0.3, -0.25) is 9.36 Å². The molecule has 1 unspecified atom stereocenters. The van der Waals surface area contributed by atoms with Crippen LogP contribution in [0.15, 0.2) is 57.1 Å². The van der Waals surface area contributed by atoms with E-state index >= 15 is 0 Å². The van der Waals surface area contributed by atoms with E-state index in [1.807, 2.05) is 17.6 Å². The normalized spacial score (nSPS) is 12.8. The van der Waals surface area contributed by atoms with Gasteiger partial charge in [0.05, 0.1) is 23.0 Å². The van der Waals surface area contributed by atoms with Crippen molar-refractivity contribution in [1.82, 2.24) is 20.1 Å². The third-order valence-corrected chi connectivity index (χ3v) is 6.32. The minimum Gasteiger partial charge on any atom is -0.461 e. The maximum absolute atomic E-state index is 12.5. The number of nitrogens with zero attached hydrogens (tertiary/aromatic N) is 3. The van der Waals surface area contributed by atoms with Gasteiger partial charge in [0.2, 0.25) is 15.9 Å². The Hall–Kier alpha value is -2.63. The molecule has 2 heterocycles. The first-order chi connectivity index (χ1) is 14.6. The molecule has 3 rings (SSSR count). The molecule has 9 nitrogen and oxygen atoms in total. The Morgan fingerprint density at radius 1 is 1.19 bits per heavy atom. The van der Waals surface area contributed by atoms with Crippen molar-refractivity contribution in [1.29, 1.82) is 0 Å². The van der Waals surface area contributed by atoms with Crippen molar-refractivity contribution < 1.29 is 17.6 Å². The Morgan fingerprint density at radius 2 is 1.90 bits per heavy atom. The van der Waals surface area contributed by atoms with Gasteiger partial charge in [-0.15, -0.1) is 10.2 Å². The fraction of sp³-hybridized carbons (Fsp3) is 0.350. The number of furan rings is 1. The molecule has 0 bridgehead atoms. The summed E-state index contributed by atoms with van der Waals surface area (Å²) >= 11 is 1.30. The van der Waals surface area contributed by atoms with E-state index in [4.69, 9.17) is 9.56 Å². The Balaban J connectivity index is 1.64. The third-order valence-electron chi connectivity index (χ3n) is 4.42. The van der Waals surface area contributed by atoms with Crippen molar-refractivity contribution in [2.24, 2.45) is 11.1 Å². The Bertz CT molecular complexity index is 1120. The number of rotatable bonds is 9. The molecule has 166 valence electrons. The molecule has 0 radical (unpaired) electrons. The number of amides is 1. The molecular weight excluding hydrogens is 438 g/mol. The lowest BCUT2D eigenvalue weighted by Crippen LogP contribution is -2.28. The van der Waals surface area contributed by atoms with E-state index in [9.17, 15) is 13.2 Å². The van der Waals surface area contributed by atoms with Gasteiger partial charge in [-0.1, -0.05) is 37.7 Å². The second-order valence-corrected chi connectivity index (χ2v) is 9.98. The highest BCUT2D eigenvalue weighted by Gasteiger charge is 2.19. The average Bonchev–Trinajstić information content (AvgIpc) is 3.35. The van der Waals surface area contributed by atoms with Crippen molar-refractivity contribution in [2.45, 2.75) is 43.4 Å². The van der Waals surface area contributed by atoms with Crippen LogP contribution in [0.5, 0.6) is 0 Å². The zero-order valence-corrected chi connectivity index (χ0v) is 19.1. The number of carbonyl (C=O) groups excluding carboxylic acids is 1. The summed E-state index contributed by atoms with van der Waals surface area (Å²) in [5, 5.41) is 17.1. The monoisotopic (exact) mass is 463 g/mol. The highest BCUT2D eigenvalue weighted by atomic mass is 32.2. The van der Waals surface area contributed by atoms with Crippen LogP contribution in [0.3, 0.4) is 0 Å². The second kappa shape index (κ2) is 9.67. The first-order valence-corrected chi connectivity index (χ1v) is 12.2. The topological polar surface area (TPSA) is 133 Å². The van der Waals surface area contributed by atoms with Gasteiger partial charge in [0.15, 0.2) is 16.7 Å². The van der Waals surface area contributed by atoms with Crippen molar-refractivity contribution in [3.8, 4) is 11.6 Å². The van der Waals surface area contributed by atoms with Gasteiger partial charge < -0.3 is 9.73 Å². The minimum atomic E-state index is -3.75. The van der Waals surface area contributed by atoms with E-state index in [2.05, 4.69) is 29.4 Å². The van der Waals surface area contributed by atoms with Crippen molar-refractivity contribution >= 4 is 27.7 Å². The van der Waals surface area contributed by atoms with Crippen LogP contribution < -0.4 is 10.5 Å². The van der Waals surface area contributed by atoms with E-state index in [0.717, 1.165) is 5.56 Å². The van der Waals surface area contributed by atoms with E-state index in [-0.39, 0.29) is 22.6 Å². The van der Waals surface area contributed by atoms with Gasteiger partial charge in [-0.2, -0.15) is 0 Å². The summed E-state index contributed by atoms with van der Waals surface area (Å²) in [6.45, 7) is 6.70. The molecule has 1 amide bonds. The maximum Gasteiger partial charge on any atom is 0.238 e. The number of carbonyl (C=O) groups is 1. The summed E-state index contributed by atoms with van der Waals surface area (Å²) in [6.07, 6.45) is 1.58. The van der Waals surface area contributed by atoms with Gasteiger partial charge in [-0.05, 0) is 42.7 Å². The van der Waals surface area contributed by atoms with E-state index < -0.39 is 10.0 Å². The van der Waals surface area contributed by atoms with E-state index in [1.165, 1.54) is 23.9 Å². The number of benzene rings is 1. The Labute approximate surface area is 185 Å².